The molecule has 4 rings (SSSR count). The van der Waals surface area contributed by atoms with E-state index in [4.69, 9.17) is 28.5 Å². The number of anilines is 1. The predicted octanol–water partition coefficient (Wildman–Crippen LogP) is 4.35. The van der Waals surface area contributed by atoms with E-state index >= 15 is 0 Å². The van der Waals surface area contributed by atoms with Crippen LogP contribution < -0.4 is 5.73 Å². The molecule has 4 heterocycles. The molecule has 0 amide bonds. The van der Waals surface area contributed by atoms with Crippen molar-refractivity contribution in [2.24, 2.45) is 0 Å². The van der Waals surface area contributed by atoms with Gasteiger partial charge < -0.3 is 28.5 Å². The topological polar surface area (TPSA) is 127 Å². The highest BCUT2D eigenvalue weighted by atomic mass is 32.2. The Balaban J connectivity index is 1.80. The molecule has 10 nitrogen and oxygen atoms in total. The van der Waals surface area contributed by atoms with E-state index in [2.05, 4.69) is 65.4 Å². The van der Waals surface area contributed by atoms with Gasteiger partial charge in [0, 0.05) is 0 Å². The van der Waals surface area contributed by atoms with Crippen molar-refractivity contribution in [2.75, 3.05) is 18.6 Å². The lowest BCUT2D eigenvalue weighted by molar-refractivity contribution is -0.0617. The third-order valence-corrected chi connectivity index (χ3v) is 18.5. The van der Waals surface area contributed by atoms with Gasteiger partial charge >= 0.3 is 17.1 Å². The summed E-state index contributed by atoms with van der Waals surface area (Å²) in [5.74, 6) is 0.345. The maximum atomic E-state index is 11.6. The Labute approximate surface area is 220 Å². The Kier molecular flexibility index (Phi) is 7.96. The van der Waals surface area contributed by atoms with E-state index in [1.54, 1.807) is 4.68 Å². The number of aliphatic hydroxyl groups excluding tert-OH is 1. The van der Waals surface area contributed by atoms with Crippen LogP contribution in [0.15, 0.2) is 11.4 Å². The zero-order valence-corrected chi connectivity index (χ0v) is 25.6. The monoisotopic (exact) mass is 555 g/mol. The van der Waals surface area contributed by atoms with Crippen molar-refractivity contribution < 1.29 is 22.8 Å². The quantitative estimate of drug-likeness (QED) is 0.392. The van der Waals surface area contributed by atoms with Crippen LogP contribution in [0.4, 0.5) is 5.82 Å². The van der Waals surface area contributed by atoms with E-state index in [-0.39, 0.29) is 28.8 Å². The molecule has 0 spiro atoms. The van der Waals surface area contributed by atoms with E-state index in [1.165, 1.54) is 18.1 Å². The SMILES string of the molecule is CSc1nn([C@@H]2O[C@H]3CO[Si](C(C)C)(C(C)C)O[Si](C(C)C)(C(C)C)O[C@H]3[C@H]2O)c2ncnc(N)c12. The van der Waals surface area contributed by atoms with Crippen LogP contribution in [0, 0.1) is 0 Å². The van der Waals surface area contributed by atoms with Gasteiger partial charge in [-0.25, -0.2) is 14.6 Å². The number of nitrogen functional groups attached to an aromatic ring is 1. The number of hydrogen-bond acceptors (Lipinski definition) is 10. The van der Waals surface area contributed by atoms with Crippen molar-refractivity contribution in [3.8, 4) is 0 Å². The Morgan fingerprint density at radius 1 is 1.03 bits per heavy atom. The second-order valence-corrected chi connectivity index (χ2v) is 20.7. The van der Waals surface area contributed by atoms with Crippen LogP contribution in [0.2, 0.25) is 22.2 Å². The average molecular weight is 556 g/mol. The molecule has 36 heavy (non-hydrogen) atoms. The number of thioether (sulfide) groups is 1. The lowest BCUT2D eigenvalue weighted by Crippen LogP contribution is -2.65. The molecule has 13 heteroatoms. The van der Waals surface area contributed by atoms with Crippen LogP contribution in [0.1, 0.15) is 61.6 Å². The fourth-order valence-corrected chi connectivity index (χ4v) is 17.4. The molecule has 2 aromatic rings. The van der Waals surface area contributed by atoms with Crippen molar-refractivity contribution in [1.29, 1.82) is 0 Å². The summed E-state index contributed by atoms with van der Waals surface area (Å²) >= 11 is 1.45. The molecule has 0 aromatic carbocycles. The number of hydrogen-bond donors (Lipinski definition) is 2. The molecule has 2 saturated heterocycles. The number of nitrogens with two attached hydrogens (primary N) is 1. The molecule has 0 aliphatic carbocycles. The third kappa shape index (κ3) is 4.34. The standard InChI is InChI=1S/C23H41N5O5SSi2/c1-12(2)35(13(3)4)30-10-16-19(32-36(33-35,14(5)6)15(7)8)18(29)23(31-16)28-21-17(22(27-28)34-9)20(24)25-11-26-21/h11-16,18-19,23,29H,10H2,1-9H3,(H2,24,25,26)/t16-,18+,19+,23+/m0/s1. The fraction of sp³-hybridized carbons (Fsp3) is 0.783. The molecule has 2 fully saturated rings. The maximum absolute atomic E-state index is 11.6. The Bertz CT molecular complexity index is 1070. The molecule has 0 radical (unpaired) electrons. The third-order valence-electron chi connectivity index (χ3n) is 7.56. The summed E-state index contributed by atoms with van der Waals surface area (Å²) in [7, 11) is -5.59. The van der Waals surface area contributed by atoms with Gasteiger partial charge in [-0.1, -0.05) is 55.4 Å². The number of ether oxygens (including phenoxy) is 1. The molecule has 0 unspecified atom stereocenters. The summed E-state index contributed by atoms with van der Waals surface area (Å²) in [6, 6.07) is 0. The minimum absolute atomic E-state index is 0.150. The Morgan fingerprint density at radius 3 is 2.19 bits per heavy atom. The number of nitrogens with zero attached hydrogens (tertiary/aromatic N) is 4. The molecular formula is C23H41N5O5SSi2. The van der Waals surface area contributed by atoms with E-state index in [0.29, 0.717) is 21.9 Å². The summed E-state index contributed by atoms with van der Waals surface area (Å²) in [5, 5.41) is 17.7. The van der Waals surface area contributed by atoms with Gasteiger partial charge in [0.1, 0.15) is 35.5 Å². The van der Waals surface area contributed by atoms with Gasteiger partial charge in [-0.15, -0.1) is 11.8 Å². The van der Waals surface area contributed by atoms with E-state index in [0.717, 1.165) is 0 Å². The summed E-state index contributed by atoms with van der Waals surface area (Å²) in [5.41, 5.74) is 7.42. The number of rotatable bonds is 6. The second-order valence-electron chi connectivity index (χ2n) is 11.0. The molecule has 2 aliphatic rings. The lowest BCUT2D eigenvalue weighted by Gasteiger charge is -2.51. The van der Waals surface area contributed by atoms with Gasteiger partial charge in [0.15, 0.2) is 11.9 Å². The zero-order valence-electron chi connectivity index (χ0n) is 22.8. The van der Waals surface area contributed by atoms with Crippen LogP contribution in [0.25, 0.3) is 11.0 Å². The van der Waals surface area contributed by atoms with Crippen LogP contribution in [-0.2, 0) is 17.7 Å². The van der Waals surface area contributed by atoms with Crippen LogP contribution in [0.5, 0.6) is 0 Å². The average Bonchev–Trinajstić information content (AvgIpc) is 3.31. The Hall–Kier alpha value is -1.07. The minimum atomic E-state index is -2.89. The summed E-state index contributed by atoms with van der Waals surface area (Å²) in [6.45, 7) is 17.7. The van der Waals surface area contributed by atoms with Gasteiger partial charge in [-0.3, -0.25) is 0 Å². The Morgan fingerprint density at radius 2 is 1.64 bits per heavy atom. The highest BCUT2D eigenvalue weighted by Crippen LogP contribution is 2.48. The lowest BCUT2D eigenvalue weighted by atomic mass is 10.1. The first-order chi connectivity index (χ1) is 16.9. The van der Waals surface area contributed by atoms with Crippen LogP contribution in [0.3, 0.4) is 0 Å². The maximum Gasteiger partial charge on any atom is 0.335 e. The molecule has 0 saturated carbocycles. The van der Waals surface area contributed by atoms with Gasteiger partial charge in [0.2, 0.25) is 0 Å². The van der Waals surface area contributed by atoms with Gasteiger partial charge in [-0.2, -0.15) is 5.10 Å². The highest BCUT2D eigenvalue weighted by molar-refractivity contribution is 7.98. The summed E-state index contributed by atoms with van der Waals surface area (Å²) in [6.07, 6.45) is 0.429. The zero-order chi connectivity index (χ0) is 26.6. The number of aliphatic hydroxyl groups is 1. The number of aromatic nitrogens is 4. The molecular weight excluding hydrogens is 515 g/mol. The molecule has 4 atom stereocenters. The molecule has 202 valence electrons. The van der Waals surface area contributed by atoms with Crippen molar-refractivity contribution in [3.05, 3.63) is 6.33 Å². The van der Waals surface area contributed by atoms with Crippen molar-refractivity contribution >= 4 is 45.7 Å². The first-order valence-electron chi connectivity index (χ1n) is 12.8. The highest BCUT2D eigenvalue weighted by Gasteiger charge is 2.61. The molecule has 2 aliphatic heterocycles. The molecule has 3 N–H and O–H groups in total. The van der Waals surface area contributed by atoms with E-state index in [1.807, 2.05) is 6.26 Å². The molecule has 0 bridgehead atoms. The first-order valence-corrected chi connectivity index (χ1v) is 17.9. The van der Waals surface area contributed by atoms with E-state index in [9.17, 15) is 5.11 Å². The van der Waals surface area contributed by atoms with Gasteiger partial charge in [0.05, 0.1) is 12.0 Å². The van der Waals surface area contributed by atoms with Crippen LogP contribution >= 0.6 is 11.8 Å². The largest absolute Gasteiger partial charge is 0.414 e. The van der Waals surface area contributed by atoms with Crippen molar-refractivity contribution in [2.45, 2.75) is 107 Å². The van der Waals surface area contributed by atoms with Crippen molar-refractivity contribution in [3.63, 3.8) is 0 Å². The van der Waals surface area contributed by atoms with E-state index < -0.39 is 41.7 Å². The van der Waals surface area contributed by atoms with Gasteiger partial charge in [-0.05, 0) is 28.4 Å². The van der Waals surface area contributed by atoms with Crippen LogP contribution in [-0.4, -0.2) is 73.2 Å². The molecule has 2 aromatic heterocycles. The summed E-state index contributed by atoms with van der Waals surface area (Å²) < 4.78 is 29.1. The van der Waals surface area contributed by atoms with Crippen molar-refractivity contribution in [1.82, 2.24) is 19.7 Å². The predicted molar refractivity (Wildman–Crippen MR) is 145 cm³/mol. The summed E-state index contributed by atoms with van der Waals surface area (Å²) in [4.78, 5) is 8.55. The fourth-order valence-electron chi connectivity index (χ4n) is 5.62. The minimum Gasteiger partial charge on any atom is -0.414 e. The smallest absolute Gasteiger partial charge is 0.335 e. The number of fused-ring (bicyclic) bond motifs is 2. The second kappa shape index (κ2) is 10.2. The normalized spacial score (nSPS) is 28.3. The first kappa shape index (κ1) is 28.0. The van der Waals surface area contributed by atoms with Gasteiger partial charge in [0.25, 0.3) is 0 Å².